The monoisotopic (exact) mass is 314 g/mol. The first kappa shape index (κ1) is 17.0. The van der Waals surface area contributed by atoms with Crippen LogP contribution in [0.2, 0.25) is 0 Å². The number of carbonyl (C=O) groups excluding carboxylic acids is 1. The summed E-state index contributed by atoms with van der Waals surface area (Å²) in [5, 5.41) is 5.72. The van der Waals surface area contributed by atoms with E-state index < -0.39 is 0 Å². The van der Waals surface area contributed by atoms with Gasteiger partial charge in [-0.15, -0.1) is 0 Å². The predicted molar refractivity (Wildman–Crippen MR) is 90.7 cm³/mol. The summed E-state index contributed by atoms with van der Waals surface area (Å²) < 4.78 is 13.2. The van der Waals surface area contributed by atoms with Crippen LogP contribution in [0.25, 0.3) is 0 Å². The van der Waals surface area contributed by atoms with Crippen molar-refractivity contribution in [3.05, 3.63) is 71.0 Å². The molecule has 0 aliphatic heterocycles. The fraction of sp³-hybridized carbons (Fsp3) is 0.316. The van der Waals surface area contributed by atoms with Crippen molar-refractivity contribution in [3.8, 4) is 0 Å². The van der Waals surface area contributed by atoms with Crippen LogP contribution < -0.4 is 10.6 Å². The molecule has 23 heavy (non-hydrogen) atoms. The third kappa shape index (κ3) is 5.74. The van der Waals surface area contributed by atoms with Gasteiger partial charge in [-0.25, -0.2) is 9.18 Å². The van der Waals surface area contributed by atoms with Crippen LogP contribution in [0, 0.1) is 12.7 Å². The van der Waals surface area contributed by atoms with Gasteiger partial charge < -0.3 is 10.6 Å². The van der Waals surface area contributed by atoms with E-state index in [0.29, 0.717) is 12.1 Å². The van der Waals surface area contributed by atoms with E-state index in [2.05, 4.69) is 22.8 Å². The molecule has 0 heterocycles. The van der Waals surface area contributed by atoms with Gasteiger partial charge in [-0.2, -0.15) is 0 Å². The van der Waals surface area contributed by atoms with Crippen LogP contribution in [0.3, 0.4) is 0 Å². The highest BCUT2D eigenvalue weighted by atomic mass is 19.1. The lowest BCUT2D eigenvalue weighted by Gasteiger charge is -2.15. The Morgan fingerprint density at radius 3 is 2.57 bits per heavy atom. The summed E-state index contributed by atoms with van der Waals surface area (Å²) in [6, 6.07) is 14.9. The van der Waals surface area contributed by atoms with Crippen molar-refractivity contribution in [2.45, 2.75) is 39.3 Å². The lowest BCUT2D eigenvalue weighted by molar-refractivity contribution is 0.237. The molecule has 0 aliphatic rings. The van der Waals surface area contributed by atoms with Gasteiger partial charge in [0.1, 0.15) is 5.82 Å². The first-order valence-electron chi connectivity index (χ1n) is 7.88. The largest absolute Gasteiger partial charge is 0.336 e. The molecule has 2 rings (SSSR count). The molecule has 122 valence electrons. The lowest BCUT2D eigenvalue weighted by atomic mass is 10.1. The van der Waals surface area contributed by atoms with E-state index in [1.807, 2.05) is 25.1 Å². The Morgan fingerprint density at radius 1 is 1.13 bits per heavy atom. The molecule has 0 saturated carbocycles. The number of urea groups is 1. The van der Waals surface area contributed by atoms with Crippen molar-refractivity contribution in [3.63, 3.8) is 0 Å². The zero-order chi connectivity index (χ0) is 16.7. The third-order valence-corrected chi connectivity index (χ3v) is 3.76. The summed E-state index contributed by atoms with van der Waals surface area (Å²) in [6.07, 6.45) is 1.81. The van der Waals surface area contributed by atoms with Gasteiger partial charge in [0.05, 0.1) is 0 Å². The van der Waals surface area contributed by atoms with Gasteiger partial charge in [-0.3, -0.25) is 0 Å². The molecule has 0 spiro atoms. The van der Waals surface area contributed by atoms with Crippen molar-refractivity contribution < 1.29 is 9.18 Å². The van der Waals surface area contributed by atoms with Gasteiger partial charge >= 0.3 is 6.03 Å². The summed E-state index contributed by atoms with van der Waals surface area (Å²) in [5.41, 5.74) is 2.74. The van der Waals surface area contributed by atoms with Gasteiger partial charge in [-0.1, -0.05) is 42.5 Å². The third-order valence-electron chi connectivity index (χ3n) is 3.76. The highest BCUT2D eigenvalue weighted by Crippen LogP contribution is 2.09. The van der Waals surface area contributed by atoms with Gasteiger partial charge in [0, 0.05) is 12.6 Å². The van der Waals surface area contributed by atoms with Crippen LogP contribution in [0.5, 0.6) is 0 Å². The van der Waals surface area contributed by atoms with Gasteiger partial charge in [0.25, 0.3) is 0 Å². The summed E-state index contributed by atoms with van der Waals surface area (Å²) in [4.78, 5) is 11.9. The van der Waals surface area contributed by atoms with Crippen LogP contribution >= 0.6 is 0 Å². The van der Waals surface area contributed by atoms with Crippen LogP contribution in [0.15, 0.2) is 48.5 Å². The second-order valence-electron chi connectivity index (χ2n) is 5.84. The van der Waals surface area contributed by atoms with Crippen LogP contribution in [-0.2, 0) is 13.0 Å². The van der Waals surface area contributed by atoms with Crippen LogP contribution in [-0.4, -0.2) is 12.1 Å². The Hall–Kier alpha value is -2.36. The summed E-state index contributed by atoms with van der Waals surface area (Å²) >= 11 is 0. The van der Waals surface area contributed by atoms with Gasteiger partial charge in [-0.05, 0) is 49.4 Å². The SMILES string of the molecule is Cc1cc(CNC(=O)N[C@H](C)CCc2ccccc2)ccc1F. The molecule has 0 aliphatic carbocycles. The van der Waals surface area contributed by atoms with E-state index in [0.717, 1.165) is 18.4 Å². The van der Waals surface area contributed by atoms with E-state index in [1.54, 1.807) is 19.1 Å². The highest BCUT2D eigenvalue weighted by Gasteiger charge is 2.07. The minimum atomic E-state index is -0.229. The average molecular weight is 314 g/mol. The molecule has 3 nitrogen and oxygen atoms in total. The molecule has 1 atom stereocenters. The minimum Gasteiger partial charge on any atom is -0.336 e. The lowest BCUT2D eigenvalue weighted by Crippen LogP contribution is -2.40. The Kier molecular flexibility index (Phi) is 6.15. The fourth-order valence-corrected chi connectivity index (χ4v) is 2.37. The number of benzene rings is 2. The Balaban J connectivity index is 1.72. The Bertz CT molecular complexity index is 643. The van der Waals surface area contributed by atoms with E-state index in [1.165, 1.54) is 11.6 Å². The molecule has 2 aromatic rings. The molecule has 0 bridgehead atoms. The minimum absolute atomic E-state index is 0.0881. The number of amides is 2. The van der Waals surface area contributed by atoms with Crippen LogP contribution in [0.4, 0.5) is 9.18 Å². The number of carbonyl (C=O) groups is 1. The Labute approximate surface area is 136 Å². The standard InChI is InChI=1S/C19H23FN2O/c1-14-12-17(10-11-18(14)20)13-21-19(23)22-15(2)8-9-16-6-4-3-5-7-16/h3-7,10-12,15H,8-9,13H2,1-2H3,(H2,21,22,23)/t15-/m1/s1. The van der Waals surface area contributed by atoms with Crippen molar-refractivity contribution >= 4 is 6.03 Å². The van der Waals surface area contributed by atoms with Crippen molar-refractivity contribution in [2.24, 2.45) is 0 Å². The molecule has 4 heteroatoms. The molecule has 2 amide bonds. The molecule has 0 saturated heterocycles. The Morgan fingerprint density at radius 2 is 1.87 bits per heavy atom. The van der Waals surface area contributed by atoms with Gasteiger partial charge in [0.15, 0.2) is 0 Å². The normalized spacial score (nSPS) is 11.8. The summed E-state index contributed by atoms with van der Waals surface area (Å²) in [7, 11) is 0. The maximum Gasteiger partial charge on any atom is 0.315 e. The van der Waals surface area contributed by atoms with Gasteiger partial charge in [0.2, 0.25) is 0 Å². The van der Waals surface area contributed by atoms with E-state index in [-0.39, 0.29) is 17.9 Å². The number of aryl methyl sites for hydroxylation is 2. The van der Waals surface area contributed by atoms with E-state index in [9.17, 15) is 9.18 Å². The number of halogens is 1. The average Bonchev–Trinajstić information content (AvgIpc) is 2.55. The predicted octanol–water partition coefficient (Wildman–Crippen LogP) is 3.95. The topological polar surface area (TPSA) is 41.1 Å². The molecule has 2 N–H and O–H groups in total. The molecule has 0 radical (unpaired) electrons. The van der Waals surface area contributed by atoms with Crippen molar-refractivity contribution in [1.29, 1.82) is 0 Å². The zero-order valence-electron chi connectivity index (χ0n) is 13.6. The molecular weight excluding hydrogens is 291 g/mol. The maximum atomic E-state index is 13.2. The molecular formula is C19H23FN2O. The smallest absolute Gasteiger partial charge is 0.315 e. The van der Waals surface area contributed by atoms with E-state index >= 15 is 0 Å². The summed E-state index contributed by atoms with van der Waals surface area (Å²) in [6.45, 7) is 4.09. The number of nitrogens with one attached hydrogen (secondary N) is 2. The first-order valence-corrected chi connectivity index (χ1v) is 7.88. The summed E-state index contributed by atoms with van der Waals surface area (Å²) in [5.74, 6) is -0.229. The molecule has 0 aromatic heterocycles. The fourth-order valence-electron chi connectivity index (χ4n) is 2.37. The second kappa shape index (κ2) is 8.32. The zero-order valence-corrected chi connectivity index (χ0v) is 13.6. The van der Waals surface area contributed by atoms with Crippen LogP contribution in [0.1, 0.15) is 30.0 Å². The first-order chi connectivity index (χ1) is 11.0. The molecule has 0 unspecified atom stereocenters. The second-order valence-corrected chi connectivity index (χ2v) is 5.84. The van der Waals surface area contributed by atoms with E-state index in [4.69, 9.17) is 0 Å². The maximum absolute atomic E-state index is 13.2. The quantitative estimate of drug-likeness (QED) is 0.832. The number of hydrogen-bond donors (Lipinski definition) is 2. The molecule has 2 aromatic carbocycles. The highest BCUT2D eigenvalue weighted by molar-refractivity contribution is 5.74. The van der Waals surface area contributed by atoms with Crippen molar-refractivity contribution in [1.82, 2.24) is 10.6 Å². The number of hydrogen-bond acceptors (Lipinski definition) is 1. The molecule has 0 fully saturated rings. The van der Waals surface area contributed by atoms with Crippen molar-refractivity contribution in [2.75, 3.05) is 0 Å². The number of rotatable bonds is 6.